The molecule has 1 N–H and O–H groups in total. The molecule has 66 heavy (non-hydrogen) atoms. The third kappa shape index (κ3) is 9.03. The number of ketones is 1. The molecule has 0 saturated heterocycles. The largest absolute Gasteiger partial charge is 0.512 e. The van der Waals surface area contributed by atoms with Gasteiger partial charge in [0.25, 0.3) is 0 Å². The molecule has 0 radical (unpaired) electrons. The predicted octanol–water partition coefficient (Wildman–Crippen LogP) is 14.5. The van der Waals surface area contributed by atoms with Gasteiger partial charge in [-0.25, -0.2) is 0 Å². The summed E-state index contributed by atoms with van der Waals surface area (Å²) in [7, 11) is 0. The Balaban J connectivity index is 1.01. The molecule has 2 heterocycles. The van der Waals surface area contributed by atoms with Crippen LogP contribution in [-0.4, -0.2) is 24.2 Å². The maximum absolute atomic E-state index is 12.8. The Morgan fingerprint density at radius 1 is 0.424 bits per heavy atom. The number of aliphatic hydroxyl groups excluding tert-OH is 1. The van der Waals surface area contributed by atoms with Gasteiger partial charge in [0, 0.05) is 60.0 Å². The molecule has 0 bridgehead atoms. The van der Waals surface area contributed by atoms with E-state index in [0.29, 0.717) is 12.8 Å². The van der Waals surface area contributed by atoms with E-state index in [0.717, 1.165) is 85.9 Å². The summed E-state index contributed by atoms with van der Waals surface area (Å²) >= 11 is 0. The summed E-state index contributed by atoms with van der Waals surface area (Å²) in [5.41, 5.74) is 16.8. The second-order valence-corrected chi connectivity index (χ2v) is 16.8. The third-order valence-corrected chi connectivity index (χ3v) is 12.4. The second kappa shape index (κ2) is 18.8. The smallest absolute Gasteiger partial charge is 0.159 e. The van der Waals surface area contributed by atoms with Crippen LogP contribution >= 0.6 is 0 Å². The number of carbonyl (C=O) groups excluding carboxylic acids is 1. The molecule has 322 valence electrons. The molecule has 2 aliphatic rings. The highest BCUT2D eigenvalue weighted by atomic mass is 16.3. The van der Waals surface area contributed by atoms with Crippen molar-refractivity contribution in [2.75, 3.05) is 32.9 Å². The number of rotatable bonds is 13. The van der Waals surface area contributed by atoms with Crippen molar-refractivity contribution in [3.8, 4) is 55.6 Å². The maximum atomic E-state index is 12.8. The van der Waals surface area contributed by atoms with E-state index in [1.807, 2.05) is 18.2 Å². The molecule has 6 heteroatoms. The average molecular weight is 859 g/mol. The Bertz CT molecular complexity index is 2910. The fourth-order valence-corrected chi connectivity index (χ4v) is 9.06. The number of carbonyl (C=O) groups is 1. The highest BCUT2D eigenvalue weighted by Crippen LogP contribution is 2.42. The number of hydrogen-bond donors (Lipinski definition) is 1. The molecule has 10 rings (SSSR count). The zero-order chi connectivity index (χ0) is 44.8. The van der Waals surface area contributed by atoms with Crippen molar-refractivity contribution in [1.82, 2.24) is 0 Å². The van der Waals surface area contributed by atoms with Gasteiger partial charge in [0.1, 0.15) is 0 Å². The molecular formula is C60H50N4O2. The molecule has 0 amide bonds. The van der Waals surface area contributed by atoms with Crippen LogP contribution in [0.25, 0.3) is 55.6 Å². The zero-order valence-electron chi connectivity index (χ0n) is 36.9. The van der Waals surface area contributed by atoms with Gasteiger partial charge in [0.15, 0.2) is 5.78 Å². The zero-order valence-corrected chi connectivity index (χ0v) is 36.9. The molecule has 0 unspecified atom stereocenters. The van der Waals surface area contributed by atoms with Crippen molar-refractivity contribution in [1.29, 1.82) is 0 Å². The number of allylic oxidation sites excluding steroid dienone is 2. The summed E-state index contributed by atoms with van der Waals surface area (Å²) < 4.78 is 0. The fraction of sp³-hybridized carbons (Fsp3) is 0.0833. The molecule has 0 saturated carbocycles. The van der Waals surface area contributed by atoms with Crippen LogP contribution in [-0.2, 0) is 11.2 Å². The van der Waals surface area contributed by atoms with E-state index in [9.17, 15) is 9.90 Å². The maximum Gasteiger partial charge on any atom is 0.159 e. The van der Waals surface area contributed by atoms with Gasteiger partial charge in [-0.2, -0.15) is 0 Å². The summed E-state index contributed by atoms with van der Waals surface area (Å²) in [6.45, 7) is 3.03. The normalized spacial score (nSPS) is 13.5. The third-order valence-electron chi connectivity index (χ3n) is 12.4. The van der Waals surface area contributed by atoms with Gasteiger partial charge in [-0.15, -0.1) is 0 Å². The number of nitrogens with zero attached hydrogens (tertiary/aromatic N) is 4. The molecule has 0 atom stereocenters. The quantitative estimate of drug-likeness (QED) is 0.0921. The number of benzene rings is 8. The van der Waals surface area contributed by atoms with Gasteiger partial charge in [-0.1, -0.05) is 133 Å². The molecule has 2 aliphatic heterocycles. The molecule has 6 nitrogen and oxygen atoms in total. The summed E-state index contributed by atoms with van der Waals surface area (Å²) in [4.78, 5) is 21.8. The van der Waals surface area contributed by atoms with Crippen LogP contribution in [0.15, 0.2) is 237 Å². The minimum absolute atomic E-state index is 0.0254. The van der Waals surface area contributed by atoms with E-state index in [1.54, 1.807) is 0 Å². The predicted molar refractivity (Wildman–Crippen MR) is 274 cm³/mol. The number of aliphatic hydroxyl groups is 1. The van der Waals surface area contributed by atoms with E-state index >= 15 is 0 Å². The van der Waals surface area contributed by atoms with Gasteiger partial charge >= 0.3 is 0 Å². The Morgan fingerprint density at radius 2 is 0.758 bits per heavy atom. The summed E-state index contributed by atoms with van der Waals surface area (Å²) in [5.74, 6) is -0.0694. The topological polar surface area (TPSA) is 50.3 Å². The molecule has 0 fully saturated rings. The second-order valence-electron chi connectivity index (χ2n) is 16.8. The molecule has 0 aromatic heterocycles. The van der Waals surface area contributed by atoms with Crippen molar-refractivity contribution in [3.63, 3.8) is 0 Å². The first-order chi connectivity index (χ1) is 32.4. The van der Waals surface area contributed by atoms with Gasteiger partial charge in [0.05, 0.1) is 19.1 Å². The summed E-state index contributed by atoms with van der Waals surface area (Å²) in [6, 6.07) is 71.2. The van der Waals surface area contributed by atoms with Gasteiger partial charge < -0.3 is 24.7 Å². The number of anilines is 4. The highest BCUT2D eigenvalue weighted by molar-refractivity contribution is 5.93. The van der Waals surface area contributed by atoms with Crippen molar-refractivity contribution >= 4 is 28.5 Å². The highest BCUT2D eigenvalue weighted by Gasteiger charge is 2.19. The first kappa shape index (κ1) is 41.6. The van der Waals surface area contributed by atoms with Crippen LogP contribution in [0.4, 0.5) is 22.7 Å². The lowest BCUT2D eigenvalue weighted by Gasteiger charge is -2.22. The van der Waals surface area contributed by atoms with E-state index in [-0.39, 0.29) is 11.5 Å². The minimum atomic E-state index is -0.0947. The lowest BCUT2D eigenvalue weighted by molar-refractivity contribution is -0.114. The molecule has 0 spiro atoms. The van der Waals surface area contributed by atoms with E-state index in [4.69, 9.17) is 0 Å². The number of hydrogen-bond acceptors (Lipinski definition) is 6. The minimum Gasteiger partial charge on any atom is -0.512 e. The van der Waals surface area contributed by atoms with Crippen LogP contribution in [0.3, 0.4) is 0 Å². The van der Waals surface area contributed by atoms with Crippen LogP contribution in [0.1, 0.15) is 18.9 Å². The van der Waals surface area contributed by atoms with Crippen LogP contribution in [0, 0.1) is 0 Å². The van der Waals surface area contributed by atoms with Crippen molar-refractivity contribution < 1.29 is 9.90 Å². The number of aryl methyl sites for hydroxylation is 1. The monoisotopic (exact) mass is 858 g/mol. The first-order valence-electron chi connectivity index (χ1n) is 22.5. The van der Waals surface area contributed by atoms with E-state index in [2.05, 4.69) is 226 Å². The average Bonchev–Trinajstić information content (AvgIpc) is 4.08. The van der Waals surface area contributed by atoms with E-state index in [1.165, 1.54) is 24.4 Å². The fourth-order valence-electron chi connectivity index (χ4n) is 9.06. The van der Waals surface area contributed by atoms with Crippen LogP contribution in [0.5, 0.6) is 0 Å². The van der Waals surface area contributed by atoms with Gasteiger partial charge in [0.2, 0.25) is 0 Å². The lowest BCUT2D eigenvalue weighted by Crippen LogP contribution is -2.24. The SMILES string of the molecule is C/C(O)=C/C(=O)CCc1ccccc1-c1cc(-c2ccccc2-c2ccc(N3C=CN(c4ccccc4)C3)cc2)cc(-c2ccccc2-c2ccc(N3C=CN(c4ccccc4)C3)cc2)c1. The molecule has 0 aliphatic carbocycles. The van der Waals surface area contributed by atoms with Crippen molar-refractivity contribution in [2.45, 2.75) is 19.8 Å². The lowest BCUT2D eigenvalue weighted by atomic mass is 9.86. The summed E-state index contributed by atoms with van der Waals surface area (Å²) in [5, 5.41) is 9.79. The Morgan fingerprint density at radius 3 is 1.17 bits per heavy atom. The van der Waals surface area contributed by atoms with Gasteiger partial charge in [-0.3, -0.25) is 4.79 Å². The Hall–Kier alpha value is -8.35. The first-order valence-corrected chi connectivity index (χ1v) is 22.5. The van der Waals surface area contributed by atoms with Crippen LogP contribution in [0.2, 0.25) is 0 Å². The summed E-state index contributed by atoms with van der Waals surface area (Å²) in [6.07, 6.45) is 10.7. The van der Waals surface area contributed by atoms with Crippen molar-refractivity contribution in [3.05, 3.63) is 242 Å². The molecule has 8 aromatic carbocycles. The van der Waals surface area contributed by atoms with Gasteiger partial charge in [-0.05, 0) is 141 Å². The van der Waals surface area contributed by atoms with Crippen molar-refractivity contribution in [2.24, 2.45) is 0 Å². The van der Waals surface area contributed by atoms with Crippen LogP contribution < -0.4 is 19.6 Å². The Labute approximate surface area is 387 Å². The standard InChI is InChI=1S/C60H50N4O2/c1-44(65)38-55(66)33-28-45-14-8-9-19-56(45)48-39-49(59-22-12-10-20-57(59)46-24-29-53(30-25-46)63-36-34-61(42-63)51-15-4-2-5-16-51)41-50(40-48)60-23-13-11-21-58(60)47-26-31-54(32-27-47)64-37-35-62(43-64)52-17-6-3-7-18-52/h2-27,29-32,34-41,65H,28,33,42-43H2,1H3/b44-38-. The Kier molecular flexibility index (Phi) is 11.9. The molecule has 8 aromatic rings. The molecular weight excluding hydrogens is 809 g/mol. The number of para-hydroxylation sites is 2. The van der Waals surface area contributed by atoms with E-state index < -0.39 is 0 Å².